The Hall–Kier alpha value is -0.170. The standard InChI is InChI=1S/C14H29N3O2S/c1-12-11-17(2)9-6-14(12)16-20(18,19)10-7-13-5-3-4-8-15-13/h12-16H,3-11H2,1-2H3. The lowest BCUT2D eigenvalue weighted by molar-refractivity contribution is 0.188. The highest BCUT2D eigenvalue weighted by Crippen LogP contribution is 2.17. The molecule has 2 saturated heterocycles. The molecule has 2 N–H and O–H groups in total. The van der Waals surface area contributed by atoms with Crippen molar-refractivity contribution < 1.29 is 8.42 Å². The molecular weight excluding hydrogens is 274 g/mol. The Balaban J connectivity index is 1.78. The van der Waals surface area contributed by atoms with E-state index in [0.29, 0.717) is 12.0 Å². The minimum Gasteiger partial charge on any atom is -0.314 e. The van der Waals surface area contributed by atoms with Gasteiger partial charge in [-0.25, -0.2) is 13.1 Å². The van der Waals surface area contributed by atoms with Crippen LogP contribution in [-0.4, -0.2) is 57.8 Å². The van der Waals surface area contributed by atoms with Crippen LogP contribution in [-0.2, 0) is 10.0 Å². The van der Waals surface area contributed by atoms with E-state index in [-0.39, 0.29) is 11.8 Å². The minimum atomic E-state index is -3.14. The highest BCUT2D eigenvalue weighted by molar-refractivity contribution is 7.89. The average Bonchev–Trinajstić information content (AvgIpc) is 2.41. The first-order valence-electron chi connectivity index (χ1n) is 7.88. The van der Waals surface area contributed by atoms with E-state index in [1.807, 2.05) is 0 Å². The first-order chi connectivity index (χ1) is 9.46. The topological polar surface area (TPSA) is 61.4 Å². The van der Waals surface area contributed by atoms with Crippen molar-refractivity contribution in [1.29, 1.82) is 0 Å². The van der Waals surface area contributed by atoms with E-state index in [1.54, 1.807) is 0 Å². The summed E-state index contributed by atoms with van der Waals surface area (Å²) in [5.41, 5.74) is 0. The van der Waals surface area contributed by atoms with Crippen LogP contribution in [0, 0.1) is 5.92 Å². The van der Waals surface area contributed by atoms with Crippen molar-refractivity contribution in [2.75, 3.05) is 32.4 Å². The summed E-state index contributed by atoms with van der Waals surface area (Å²) in [6, 6.07) is 0.491. The number of nitrogens with zero attached hydrogens (tertiary/aromatic N) is 1. The molecule has 6 heteroatoms. The third-order valence-electron chi connectivity index (χ3n) is 4.59. The van der Waals surface area contributed by atoms with Crippen molar-refractivity contribution in [3.63, 3.8) is 0 Å². The maximum Gasteiger partial charge on any atom is 0.211 e. The van der Waals surface area contributed by atoms with Crippen LogP contribution < -0.4 is 10.0 Å². The lowest BCUT2D eigenvalue weighted by Crippen LogP contribution is -2.49. The highest BCUT2D eigenvalue weighted by atomic mass is 32.2. The minimum absolute atomic E-state index is 0.107. The maximum atomic E-state index is 12.2. The number of rotatable bonds is 5. The van der Waals surface area contributed by atoms with Crippen molar-refractivity contribution in [3.05, 3.63) is 0 Å². The predicted molar refractivity (Wildman–Crippen MR) is 82.2 cm³/mol. The molecule has 0 bridgehead atoms. The van der Waals surface area contributed by atoms with E-state index in [0.717, 1.165) is 38.9 Å². The molecule has 3 unspecified atom stereocenters. The van der Waals surface area contributed by atoms with Gasteiger partial charge >= 0.3 is 0 Å². The molecule has 0 aliphatic carbocycles. The number of nitrogens with one attached hydrogen (secondary N) is 2. The predicted octanol–water partition coefficient (Wildman–Crippen LogP) is 0.778. The van der Waals surface area contributed by atoms with Crippen molar-refractivity contribution in [2.24, 2.45) is 5.92 Å². The molecule has 2 rings (SSSR count). The van der Waals surface area contributed by atoms with Crippen molar-refractivity contribution >= 4 is 10.0 Å². The number of piperidine rings is 2. The lowest BCUT2D eigenvalue weighted by Gasteiger charge is -2.35. The molecule has 2 heterocycles. The molecule has 2 aliphatic heterocycles. The molecule has 0 aromatic rings. The fourth-order valence-corrected chi connectivity index (χ4v) is 4.81. The summed E-state index contributed by atoms with van der Waals surface area (Å²) in [5.74, 6) is 0.639. The van der Waals surface area contributed by atoms with Crippen molar-refractivity contribution in [3.8, 4) is 0 Å². The molecule has 0 aromatic carbocycles. The molecular formula is C14H29N3O2S. The van der Waals surface area contributed by atoms with Crippen LogP contribution >= 0.6 is 0 Å². The SMILES string of the molecule is CC1CN(C)CCC1NS(=O)(=O)CCC1CCCCN1. The quantitative estimate of drug-likeness (QED) is 0.788. The van der Waals surface area contributed by atoms with Gasteiger partial charge in [0.05, 0.1) is 5.75 Å². The third kappa shape index (κ3) is 4.98. The Morgan fingerprint density at radius 2 is 2.10 bits per heavy atom. The molecule has 0 spiro atoms. The van der Waals surface area contributed by atoms with Crippen LogP contribution in [0.25, 0.3) is 0 Å². The van der Waals surface area contributed by atoms with Crippen LogP contribution in [0.2, 0.25) is 0 Å². The van der Waals surface area contributed by atoms with Crippen molar-refractivity contribution in [1.82, 2.24) is 14.9 Å². The summed E-state index contributed by atoms with van der Waals surface area (Å²) >= 11 is 0. The van der Waals surface area contributed by atoms with E-state index in [9.17, 15) is 8.42 Å². The zero-order valence-corrected chi connectivity index (χ0v) is 13.6. The number of likely N-dealkylation sites (tertiary alicyclic amines) is 1. The zero-order chi connectivity index (χ0) is 14.6. The molecule has 20 heavy (non-hydrogen) atoms. The highest BCUT2D eigenvalue weighted by Gasteiger charge is 2.28. The van der Waals surface area contributed by atoms with Gasteiger partial charge in [0.15, 0.2) is 0 Å². The molecule has 2 fully saturated rings. The van der Waals surface area contributed by atoms with Gasteiger partial charge in [-0.3, -0.25) is 0 Å². The van der Waals surface area contributed by atoms with E-state index < -0.39 is 10.0 Å². The summed E-state index contributed by atoms with van der Waals surface area (Å²) in [5, 5.41) is 3.41. The smallest absolute Gasteiger partial charge is 0.211 e. The second kappa shape index (κ2) is 7.20. The Morgan fingerprint density at radius 3 is 2.75 bits per heavy atom. The van der Waals surface area contributed by atoms with Crippen molar-refractivity contribution in [2.45, 2.75) is 51.1 Å². The first kappa shape index (κ1) is 16.2. The summed E-state index contributed by atoms with van der Waals surface area (Å²) in [6.45, 7) is 5.11. The number of hydrogen-bond acceptors (Lipinski definition) is 4. The van der Waals surface area contributed by atoms with Crippen LogP contribution in [0.5, 0.6) is 0 Å². The Morgan fingerprint density at radius 1 is 1.30 bits per heavy atom. The van der Waals surface area contributed by atoms with E-state index in [4.69, 9.17) is 0 Å². The van der Waals surface area contributed by atoms with Gasteiger partial charge in [-0.05, 0) is 51.7 Å². The van der Waals surface area contributed by atoms with Gasteiger partial charge in [-0.2, -0.15) is 0 Å². The normalized spacial score (nSPS) is 33.2. The van der Waals surface area contributed by atoms with Gasteiger partial charge in [0, 0.05) is 18.6 Å². The average molecular weight is 303 g/mol. The first-order valence-corrected chi connectivity index (χ1v) is 9.53. The van der Waals surface area contributed by atoms with E-state index in [1.165, 1.54) is 12.8 Å². The maximum absolute atomic E-state index is 12.2. The second-order valence-electron chi connectivity index (χ2n) is 6.51. The van der Waals surface area contributed by atoms with Gasteiger partial charge in [0.25, 0.3) is 0 Å². The van der Waals surface area contributed by atoms with E-state index in [2.05, 4.69) is 28.9 Å². The summed E-state index contributed by atoms with van der Waals surface area (Å²) in [6.07, 6.45) is 5.20. The third-order valence-corrected chi connectivity index (χ3v) is 6.02. The van der Waals surface area contributed by atoms with Crippen LogP contribution in [0.3, 0.4) is 0 Å². The largest absolute Gasteiger partial charge is 0.314 e. The lowest BCUT2D eigenvalue weighted by atomic mass is 9.95. The van der Waals surface area contributed by atoms with Gasteiger partial charge in [-0.15, -0.1) is 0 Å². The van der Waals surface area contributed by atoms with E-state index >= 15 is 0 Å². The molecule has 0 saturated carbocycles. The monoisotopic (exact) mass is 303 g/mol. The molecule has 0 aromatic heterocycles. The fourth-order valence-electron chi connectivity index (χ4n) is 3.29. The van der Waals surface area contributed by atoms with Crippen LogP contribution in [0.15, 0.2) is 0 Å². The summed E-state index contributed by atoms with van der Waals surface area (Å²) in [7, 11) is -1.05. The zero-order valence-electron chi connectivity index (χ0n) is 12.8. The van der Waals surface area contributed by atoms with Gasteiger partial charge in [0.1, 0.15) is 0 Å². The summed E-state index contributed by atoms with van der Waals surface area (Å²) < 4.78 is 27.4. The molecule has 0 amide bonds. The summed E-state index contributed by atoms with van der Waals surface area (Å²) in [4.78, 5) is 2.27. The molecule has 5 nitrogen and oxygen atoms in total. The number of hydrogen-bond donors (Lipinski definition) is 2. The molecule has 0 radical (unpaired) electrons. The molecule has 3 atom stereocenters. The van der Waals surface area contributed by atoms with Crippen LogP contribution in [0.4, 0.5) is 0 Å². The second-order valence-corrected chi connectivity index (χ2v) is 8.38. The Kier molecular flexibility index (Phi) is 5.84. The van der Waals surface area contributed by atoms with Gasteiger partial charge in [-0.1, -0.05) is 13.3 Å². The fraction of sp³-hybridized carbons (Fsp3) is 1.00. The van der Waals surface area contributed by atoms with Gasteiger partial charge < -0.3 is 10.2 Å². The number of sulfonamides is 1. The Labute approximate surface area is 123 Å². The van der Waals surface area contributed by atoms with Gasteiger partial charge in [0.2, 0.25) is 10.0 Å². The van der Waals surface area contributed by atoms with Crippen LogP contribution in [0.1, 0.15) is 39.0 Å². The molecule has 118 valence electrons. The Bertz CT molecular complexity index is 393. The molecule has 2 aliphatic rings.